The van der Waals surface area contributed by atoms with Crippen LogP contribution < -0.4 is 0 Å². The van der Waals surface area contributed by atoms with E-state index in [0.717, 1.165) is 19.2 Å². The third kappa shape index (κ3) is 1.85. The van der Waals surface area contributed by atoms with Gasteiger partial charge in [0.2, 0.25) is 0 Å². The van der Waals surface area contributed by atoms with Gasteiger partial charge in [-0.05, 0) is 12.7 Å². The Morgan fingerprint density at radius 1 is 1.38 bits per heavy atom. The number of hydrogen-bond donors (Lipinski definition) is 0. The minimum absolute atomic E-state index is 0.530. The van der Waals surface area contributed by atoms with Gasteiger partial charge in [-0.15, -0.1) is 0 Å². The summed E-state index contributed by atoms with van der Waals surface area (Å²) in [5, 5.41) is 0. The summed E-state index contributed by atoms with van der Waals surface area (Å²) in [5.74, 6) is 0. The molecule has 1 radical (unpaired) electrons. The summed E-state index contributed by atoms with van der Waals surface area (Å²) in [5.41, 5.74) is 0. The van der Waals surface area contributed by atoms with Gasteiger partial charge in [0.1, 0.15) is 7.28 Å². The third-order valence-electron chi connectivity index (χ3n) is 1.60. The highest BCUT2D eigenvalue weighted by atomic mass is 19.1. The molecule has 1 unspecified atom stereocenters. The first-order valence-corrected chi connectivity index (χ1v) is 3.35. The molecule has 0 bridgehead atoms. The van der Waals surface area contributed by atoms with E-state index in [1.807, 2.05) is 0 Å². The van der Waals surface area contributed by atoms with Gasteiger partial charge in [0, 0.05) is 0 Å². The first-order chi connectivity index (χ1) is 3.89. The molecule has 0 amide bonds. The first kappa shape index (κ1) is 6.12. The minimum Gasteiger partial charge on any atom is -0.248 e. The Morgan fingerprint density at radius 2 is 2.25 bits per heavy atom. The Balaban J connectivity index is 2.17. The third-order valence-corrected chi connectivity index (χ3v) is 1.60. The Hall–Kier alpha value is -0.00506. The smallest absolute Gasteiger partial charge is 0.113 e. The van der Waals surface area contributed by atoms with Crippen molar-refractivity contribution in [1.29, 1.82) is 0 Å². The Labute approximate surface area is 50.7 Å². The van der Waals surface area contributed by atoms with Crippen molar-refractivity contribution in [2.24, 2.45) is 0 Å². The summed E-state index contributed by atoms with van der Waals surface area (Å²) in [6, 6.07) is 0. The average molecular weight is 113 g/mol. The van der Waals surface area contributed by atoms with Gasteiger partial charge in [0.25, 0.3) is 0 Å². The predicted octanol–water partition coefficient (Wildman–Crippen LogP) is 2.05. The summed E-state index contributed by atoms with van der Waals surface area (Å²) in [7, 11) is 2.07. The molecule has 1 saturated heterocycles. The van der Waals surface area contributed by atoms with Crippen molar-refractivity contribution < 1.29 is 4.39 Å². The molecule has 1 aliphatic rings. The molecule has 0 nitrogen and oxygen atoms in total. The number of halogens is 1. The lowest BCUT2D eigenvalue weighted by Crippen LogP contribution is -1.98. The summed E-state index contributed by atoms with van der Waals surface area (Å²) in [6.45, 7) is 0. The van der Waals surface area contributed by atoms with Gasteiger partial charge in [-0.1, -0.05) is 19.2 Å². The quantitative estimate of drug-likeness (QED) is 0.421. The van der Waals surface area contributed by atoms with E-state index < -0.39 is 6.17 Å². The molecule has 2 heteroatoms. The number of hydrogen-bond acceptors (Lipinski definition) is 0. The fourth-order valence-electron chi connectivity index (χ4n) is 1.07. The molecular weight excluding hydrogens is 102 g/mol. The molecule has 0 saturated carbocycles. The maximum atomic E-state index is 12.4. The average Bonchev–Trinajstić information content (AvgIpc) is 1.94. The molecule has 1 rings (SSSR count). The molecule has 1 aliphatic heterocycles. The highest BCUT2D eigenvalue weighted by molar-refractivity contribution is 6.35. The van der Waals surface area contributed by atoms with Crippen molar-refractivity contribution in [1.82, 2.24) is 0 Å². The second-order valence-electron chi connectivity index (χ2n) is 2.41. The van der Waals surface area contributed by atoms with E-state index in [9.17, 15) is 4.39 Å². The van der Waals surface area contributed by atoms with Crippen molar-refractivity contribution in [2.45, 2.75) is 38.1 Å². The van der Waals surface area contributed by atoms with Crippen LogP contribution in [0, 0.1) is 0 Å². The van der Waals surface area contributed by atoms with Crippen LogP contribution in [0.1, 0.15) is 19.3 Å². The van der Waals surface area contributed by atoms with E-state index in [0.29, 0.717) is 6.32 Å². The van der Waals surface area contributed by atoms with Crippen LogP contribution in [0.25, 0.3) is 0 Å². The van der Waals surface area contributed by atoms with Gasteiger partial charge >= 0.3 is 0 Å². The van der Waals surface area contributed by atoms with Crippen LogP contribution in [-0.2, 0) is 0 Å². The molecular formula is C6H11BF. The second-order valence-corrected chi connectivity index (χ2v) is 2.41. The predicted molar refractivity (Wildman–Crippen MR) is 34.1 cm³/mol. The standard InChI is InChI=1S/C6H11BF/c8-6-3-1-2-4-7-5-6/h6H,1-5H2. The van der Waals surface area contributed by atoms with E-state index >= 15 is 0 Å². The summed E-state index contributed by atoms with van der Waals surface area (Å²) < 4.78 is 12.4. The van der Waals surface area contributed by atoms with Gasteiger partial charge in [0.05, 0.1) is 6.17 Å². The fraction of sp³-hybridized carbons (Fsp3) is 1.00. The molecule has 1 atom stereocenters. The maximum Gasteiger partial charge on any atom is 0.113 e. The first-order valence-electron chi connectivity index (χ1n) is 3.35. The zero-order valence-corrected chi connectivity index (χ0v) is 5.07. The lowest BCUT2D eigenvalue weighted by molar-refractivity contribution is 0.337. The van der Waals surface area contributed by atoms with Gasteiger partial charge < -0.3 is 0 Å². The topological polar surface area (TPSA) is 0 Å². The molecule has 45 valence electrons. The fourth-order valence-corrected chi connectivity index (χ4v) is 1.07. The van der Waals surface area contributed by atoms with Crippen LogP contribution in [0.3, 0.4) is 0 Å². The summed E-state index contributed by atoms with van der Waals surface area (Å²) >= 11 is 0. The van der Waals surface area contributed by atoms with Gasteiger partial charge in [0.15, 0.2) is 0 Å². The van der Waals surface area contributed by atoms with Crippen LogP contribution in [0.15, 0.2) is 0 Å². The SMILES string of the molecule is FC1C[B]CCCC1. The van der Waals surface area contributed by atoms with Crippen molar-refractivity contribution in [3.8, 4) is 0 Å². The van der Waals surface area contributed by atoms with E-state index in [1.54, 1.807) is 0 Å². The number of rotatable bonds is 0. The van der Waals surface area contributed by atoms with Gasteiger partial charge in [-0.25, -0.2) is 4.39 Å². The zero-order chi connectivity index (χ0) is 5.82. The zero-order valence-electron chi connectivity index (χ0n) is 5.07. The molecule has 1 fully saturated rings. The van der Waals surface area contributed by atoms with Crippen LogP contribution in [0.4, 0.5) is 4.39 Å². The van der Waals surface area contributed by atoms with Crippen LogP contribution in [-0.4, -0.2) is 13.5 Å². The van der Waals surface area contributed by atoms with Crippen molar-refractivity contribution >= 4 is 7.28 Å². The molecule has 0 N–H and O–H groups in total. The highest BCUT2D eigenvalue weighted by Gasteiger charge is 2.09. The normalized spacial score (nSPS) is 30.9. The lowest BCUT2D eigenvalue weighted by Gasteiger charge is -1.98. The molecule has 0 aliphatic carbocycles. The Kier molecular flexibility index (Phi) is 2.38. The van der Waals surface area contributed by atoms with E-state index in [-0.39, 0.29) is 0 Å². The Bertz CT molecular complexity index is 57.5. The maximum absolute atomic E-state index is 12.4. The van der Waals surface area contributed by atoms with Crippen molar-refractivity contribution in [3.05, 3.63) is 0 Å². The lowest BCUT2D eigenvalue weighted by atomic mass is 9.70. The summed E-state index contributed by atoms with van der Waals surface area (Å²) in [6.07, 6.45) is 4.35. The highest BCUT2D eigenvalue weighted by Crippen LogP contribution is 2.15. The largest absolute Gasteiger partial charge is 0.248 e. The van der Waals surface area contributed by atoms with Crippen LogP contribution in [0.5, 0.6) is 0 Å². The van der Waals surface area contributed by atoms with Gasteiger partial charge in [-0.2, -0.15) is 0 Å². The summed E-state index contributed by atoms with van der Waals surface area (Å²) in [4.78, 5) is 0. The minimum atomic E-state index is -0.530. The van der Waals surface area contributed by atoms with Crippen LogP contribution >= 0.6 is 0 Å². The van der Waals surface area contributed by atoms with E-state index in [2.05, 4.69) is 7.28 Å². The number of alkyl halides is 1. The Morgan fingerprint density at radius 3 is 3.12 bits per heavy atom. The molecule has 0 spiro atoms. The van der Waals surface area contributed by atoms with E-state index in [1.165, 1.54) is 6.42 Å². The monoisotopic (exact) mass is 113 g/mol. The molecule has 1 heterocycles. The molecule has 0 aromatic heterocycles. The second kappa shape index (κ2) is 3.11. The van der Waals surface area contributed by atoms with Crippen molar-refractivity contribution in [3.63, 3.8) is 0 Å². The van der Waals surface area contributed by atoms with Crippen molar-refractivity contribution in [2.75, 3.05) is 0 Å². The van der Waals surface area contributed by atoms with Gasteiger partial charge in [-0.3, -0.25) is 0 Å². The molecule has 8 heavy (non-hydrogen) atoms. The molecule has 0 aromatic rings. The molecule has 0 aromatic carbocycles. The van der Waals surface area contributed by atoms with Crippen LogP contribution in [0.2, 0.25) is 12.6 Å². The van der Waals surface area contributed by atoms with E-state index in [4.69, 9.17) is 0 Å².